The van der Waals surface area contributed by atoms with Crippen LogP contribution in [0.5, 0.6) is 11.5 Å². The van der Waals surface area contributed by atoms with Crippen LogP contribution in [0.4, 0.5) is 0 Å². The molecule has 4 rings (SSSR count). The highest BCUT2D eigenvalue weighted by Gasteiger charge is 2.19. The molecule has 0 saturated carbocycles. The second-order valence-electron chi connectivity index (χ2n) is 6.57. The minimum Gasteiger partial charge on any atom is -0.486 e. The van der Waals surface area contributed by atoms with E-state index < -0.39 is 6.10 Å². The van der Waals surface area contributed by atoms with E-state index in [-0.39, 0.29) is 12.5 Å². The van der Waals surface area contributed by atoms with Crippen molar-refractivity contribution in [3.05, 3.63) is 70.0 Å². The Morgan fingerprint density at radius 2 is 1.79 bits per heavy atom. The van der Waals surface area contributed by atoms with Crippen LogP contribution in [0.3, 0.4) is 0 Å². The van der Waals surface area contributed by atoms with Gasteiger partial charge in [-0.25, -0.2) is 0 Å². The van der Waals surface area contributed by atoms with Gasteiger partial charge in [0.15, 0.2) is 11.5 Å². The lowest BCUT2D eigenvalue weighted by Crippen LogP contribution is -2.28. The van der Waals surface area contributed by atoms with Gasteiger partial charge in [-0.1, -0.05) is 29.3 Å². The predicted molar refractivity (Wildman–Crippen MR) is 111 cm³/mol. The number of halogens is 2. The van der Waals surface area contributed by atoms with Crippen molar-refractivity contribution in [2.45, 2.75) is 6.10 Å². The van der Waals surface area contributed by atoms with Crippen molar-refractivity contribution in [2.24, 2.45) is 0 Å². The number of benzene rings is 2. The number of carbonyl (C=O) groups excluding carboxylic acids is 1. The first-order chi connectivity index (χ1) is 14.0. The third-order valence-corrected chi connectivity index (χ3v) is 5.01. The van der Waals surface area contributed by atoms with Gasteiger partial charge in [0.2, 0.25) is 0 Å². The molecular weight excluding hydrogens is 415 g/mol. The van der Waals surface area contributed by atoms with Crippen LogP contribution in [0.2, 0.25) is 10.0 Å². The number of carbonyl (C=O) groups is 1. The molecule has 0 radical (unpaired) electrons. The monoisotopic (exact) mass is 432 g/mol. The van der Waals surface area contributed by atoms with E-state index in [9.17, 15) is 9.90 Å². The molecule has 3 N–H and O–H groups in total. The summed E-state index contributed by atoms with van der Waals surface area (Å²) in [6, 6.07) is 10.3. The normalized spacial score (nSPS) is 13.8. The lowest BCUT2D eigenvalue weighted by molar-refractivity contribution is 0.0917. The molecule has 0 saturated heterocycles. The van der Waals surface area contributed by atoms with Crippen LogP contribution in [-0.4, -0.2) is 35.8 Å². The number of H-pyrrole nitrogens is 1. The molecule has 8 heteroatoms. The van der Waals surface area contributed by atoms with Gasteiger partial charge in [-0.15, -0.1) is 0 Å². The van der Waals surface area contributed by atoms with E-state index in [1.165, 1.54) is 0 Å². The Hall–Kier alpha value is -2.67. The van der Waals surface area contributed by atoms with Crippen molar-refractivity contribution in [1.82, 2.24) is 10.3 Å². The number of aliphatic hydroxyl groups excluding tert-OH is 1. The summed E-state index contributed by atoms with van der Waals surface area (Å²) in [6.45, 7) is 1.02. The minimum absolute atomic E-state index is 0.0151. The van der Waals surface area contributed by atoms with E-state index in [1.54, 1.807) is 30.6 Å². The highest BCUT2D eigenvalue weighted by atomic mass is 35.5. The number of ether oxygens (including phenoxy) is 2. The lowest BCUT2D eigenvalue weighted by Gasteiger charge is -2.19. The standard InChI is InChI=1S/C21H18Cl2N2O4/c22-14-5-13(6-15(23)8-14)18(26)11-25-21(27)17-10-24-9-16(17)12-1-2-19-20(7-12)29-4-3-28-19/h1-2,5-10,18,24,26H,3-4,11H2,(H,25,27). The molecule has 1 amide bonds. The molecule has 1 aromatic heterocycles. The Morgan fingerprint density at radius 1 is 1.07 bits per heavy atom. The zero-order chi connectivity index (χ0) is 20.4. The fourth-order valence-electron chi connectivity index (χ4n) is 3.17. The largest absolute Gasteiger partial charge is 0.486 e. The highest BCUT2D eigenvalue weighted by molar-refractivity contribution is 6.34. The van der Waals surface area contributed by atoms with Crippen LogP contribution in [-0.2, 0) is 0 Å². The van der Waals surface area contributed by atoms with Crippen LogP contribution in [0, 0.1) is 0 Å². The molecule has 6 nitrogen and oxygen atoms in total. The molecule has 1 atom stereocenters. The number of aromatic nitrogens is 1. The molecule has 1 aliphatic heterocycles. The molecule has 2 heterocycles. The Kier molecular flexibility index (Phi) is 5.67. The molecule has 1 unspecified atom stereocenters. The summed E-state index contributed by atoms with van der Waals surface area (Å²) >= 11 is 11.9. The van der Waals surface area contributed by atoms with E-state index >= 15 is 0 Å². The van der Waals surface area contributed by atoms with E-state index in [4.69, 9.17) is 32.7 Å². The first-order valence-corrected chi connectivity index (χ1v) is 9.76. The molecule has 1 aliphatic rings. The summed E-state index contributed by atoms with van der Waals surface area (Å²) < 4.78 is 11.2. The number of fused-ring (bicyclic) bond motifs is 1. The van der Waals surface area contributed by atoms with Crippen LogP contribution in [0.15, 0.2) is 48.8 Å². The maximum absolute atomic E-state index is 12.7. The number of hydrogen-bond donors (Lipinski definition) is 3. The summed E-state index contributed by atoms with van der Waals surface area (Å²) in [5.74, 6) is 1.02. The SMILES string of the molecule is O=C(NCC(O)c1cc(Cl)cc(Cl)c1)c1c[nH]cc1-c1ccc2c(c1)OCCO2. The summed E-state index contributed by atoms with van der Waals surface area (Å²) in [6.07, 6.45) is 2.42. The highest BCUT2D eigenvalue weighted by Crippen LogP contribution is 2.35. The average Bonchev–Trinajstić information content (AvgIpc) is 3.20. The minimum atomic E-state index is -0.938. The van der Waals surface area contributed by atoms with Crippen LogP contribution >= 0.6 is 23.2 Å². The van der Waals surface area contributed by atoms with Gasteiger partial charge in [-0.3, -0.25) is 4.79 Å². The zero-order valence-electron chi connectivity index (χ0n) is 15.2. The Morgan fingerprint density at radius 3 is 2.55 bits per heavy atom. The zero-order valence-corrected chi connectivity index (χ0v) is 16.8. The van der Waals surface area contributed by atoms with Crippen molar-refractivity contribution < 1.29 is 19.4 Å². The van der Waals surface area contributed by atoms with Gasteiger partial charge in [0, 0.05) is 34.5 Å². The average molecular weight is 433 g/mol. The number of hydrogen-bond acceptors (Lipinski definition) is 4. The number of rotatable bonds is 5. The van der Waals surface area contributed by atoms with Gasteiger partial charge in [0.05, 0.1) is 11.7 Å². The molecule has 0 fully saturated rings. The van der Waals surface area contributed by atoms with Crippen LogP contribution < -0.4 is 14.8 Å². The maximum Gasteiger partial charge on any atom is 0.253 e. The second-order valence-corrected chi connectivity index (χ2v) is 7.44. The third kappa shape index (κ3) is 4.34. The quantitative estimate of drug-likeness (QED) is 0.563. The third-order valence-electron chi connectivity index (χ3n) is 4.57. The first-order valence-electron chi connectivity index (χ1n) is 9.00. The van der Waals surface area contributed by atoms with Crippen molar-refractivity contribution in [3.63, 3.8) is 0 Å². The van der Waals surface area contributed by atoms with Gasteiger partial charge in [0.1, 0.15) is 13.2 Å². The van der Waals surface area contributed by atoms with Crippen LogP contribution in [0.25, 0.3) is 11.1 Å². The molecule has 0 bridgehead atoms. The van der Waals surface area contributed by atoms with Gasteiger partial charge >= 0.3 is 0 Å². The Labute approximate surface area is 177 Å². The summed E-state index contributed by atoms with van der Waals surface area (Å²) in [7, 11) is 0. The van der Waals surface area contributed by atoms with Crippen molar-refractivity contribution in [1.29, 1.82) is 0 Å². The second kappa shape index (κ2) is 8.37. The van der Waals surface area contributed by atoms with E-state index in [2.05, 4.69) is 10.3 Å². The van der Waals surface area contributed by atoms with Crippen molar-refractivity contribution in [3.8, 4) is 22.6 Å². The summed E-state index contributed by atoms with van der Waals surface area (Å²) in [5.41, 5.74) is 2.53. The predicted octanol–water partition coefficient (Wildman–Crippen LogP) is 4.22. The lowest BCUT2D eigenvalue weighted by atomic mass is 10.0. The smallest absolute Gasteiger partial charge is 0.253 e. The molecule has 150 valence electrons. The van der Waals surface area contributed by atoms with E-state index in [1.807, 2.05) is 18.2 Å². The van der Waals surface area contributed by atoms with Gasteiger partial charge in [-0.05, 0) is 41.5 Å². The van der Waals surface area contributed by atoms with E-state index in [0.29, 0.717) is 45.9 Å². The van der Waals surface area contributed by atoms with E-state index in [0.717, 1.165) is 11.1 Å². The number of amides is 1. The van der Waals surface area contributed by atoms with Gasteiger partial charge in [-0.2, -0.15) is 0 Å². The molecule has 3 aromatic rings. The fraction of sp³-hybridized carbons (Fsp3) is 0.190. The maximum atomic E-state index is 12.7. The Balaban J connectivity index is 1.48. The molecule has 0 aliphatic carbocycles. The van der Waals surface area contributed by atoms with Gasteiger partial charge in [0.25, 0.3) is 5.91 Å². The molecule has 0 spiro atoms. The number of nitrogens with one attached hydrogen (secondary N) is 2. The van der Waals surface area contributed by atoms with Crippen molar-refractivity contribution in [2.75, 3.05) is 19.8 Å². The Bertz CT molecular complexity index is 1030. The topological polar surface area (TPSA) is 83.6 Å². The fourth-order valence-corrected chi connectivity index (χ4v) is 3.71. The van der Waals surface area contributed by atoms with Crippen LogP contribution in [0.1, 0.15) is 22.0 Å². The molecular formula is C21H18Cl2N2O4. The number of aliphatic hydroxyl groups is 1. The van der Waals surface area contributed by atoms with Crippen molar-refractivity contribution >= 4 is 29.1 Å². The molecule has 2 aromatic carbocycles. The number of aromatic amines is 1. The molecule has 29 heavy (non-hydrogen) atoms. The first kappa shape index (κ1) is 19.6. The summed E-state index contributed by atoms with van der Waals surface area (Å²) in [5, 5.41) is 13.9. The van der Waals surface area contributed by atoms with Gasteiger partial charge < -0.3 is 24.9 Å². The summed E-state index contributed by atoms with van der Waals surface area (Å²) in [4.78, 5) is 15.7.